The van der Waals surface area contributed by atoms with Gasteiger partial charge in [0.2, 0.25) is 0 Å². The first-order chi connectivity index (χ1) is 14.5. The number of hydrogen-bond acceptors (Lipinski definition) is 4. The van der Waals surface area contributed by atoms with Gasteiger partial charge in [-0.15, -0.1) is 0 Å². The van der Waals surface area contributed by atoms with Crippen molar-refractivity contribution >= 4 is 0 Å². The summed E-state index contributed by atoms with van der Waals surface area (Å²) in [6.45, 7) is 0. The number of phenols is 4. The first-order valence-electron chi connectivity index (χ1n) is 9.67. The van der Waals surface area contributed by atoms with Crippen molar-refractivity contribution < 1.29 is 20.4 Å². The van der Waals surface area contributed by atoms with Gasteiger partial charge in [0.25, 0.3) is 0 Å². The Morgan fingerprint density at radius 3 is 1.17 bits per heavy atom. The summed E-state index contributed by atoms with van der Waals surface area (Å²) in [5.41, 5.74) is 3.55. The fraction of sp³-hybridized carbons (Fsp3) is 0.0769. The highest BCUT2D eigenvalue weighted by Crippen LogP contribution is 2.46. The molecule has 4 nitrogen and oxygen atoms in total. The standard InChI is InChI=1S/C26H22O4/c27-20-11-5-17(6-12-20)25(18-7-13-21(28)14-8-18)26(19-9-15-22(29)16-10-19)23-3-1-2-4-24(23)30/h1-16,25-30H. The zero-order valence-corrected chi connectivity index (χ0v) is 16.2. The highest BCUT2D eigenvalue weighted by atomic mass is 16.3. The van der Waals surface area contributed by atoms with Crippen LogP contribution in [-0.4, -0.2) is 20.4 Å². The molecule has 4 aromatic carbocycles. The maximum absolute atomic E-state index is 10.7. The average molecular weight is 398 g/mol. The monoisotopic (exact) mass is 398 g/mol. The number of rotatable bonds is 5. The second-order valence-corrected chi connectivity index (χ2v) is 7.29. The third kappa shape index (κ3) is 3.94. The molecule has 4 heteroatoms. The number of phenolic OH excluding ortho intramolecular Hbond substituents is 4. The van der Waals surface area contributed by atoms with Crippen molar-refractivity contribution in [2.24, 2.45) is 0 Å². The van der Waals surface area contributed by atoms with Crippen LogP contribution in [0.1, 0.15) is 34.1 Å². The molecule has 0 saturated carbocycles. The third-order valence-electron chi connectivity index (χ3n) is 5.36. The quantitative estimate of drug-likeness (QED) is 0.359. The van der Waals surface area contributed by atoms with Crippen molar-refractivity contribution in [3.05, 3.63) is 119 Å². The van der Waals surface area contributed by atoms with E-state index >= 15 is 0 Å². The van der Waals surface area contributed by atoms with Crippen molar-refractivity contribution in [2.45, 2.75) is 11.8 Å². The summed E-state index contributed by atoms with van der Waals surface area (Å²) in [7, 11) is 0. The van der Waals surface area contributed by atoms with Gasteiger partial charge in [0, 0.05) is 17.4 Å². The zero-order chi connectivity index (χ0) is 21.1. The van der Waals surface area contributed by atoms with Crippen LogP contribution >= 0.6 is 0 Å². The average Bonchev–Trinajstić information content (AvgIpc) is 2.75. The molecule has 150 valence electrons. The molecule has 1 unspecified atom stereocenters. The molecule has 30 heavy (non-hydrogen) atoms. The highest BCUT2D eigenvalue weighted by molar-refractivity contribution is 5.50. The van der Waals surface area contributed by atoms with Gasteiger partial charge in [0.15, 0.2) is 0 Å². The Balaban J connectivity index is 1.96. The molecular weight excluding hydrogens is 376 g/mol. The van der Waals surface area contributed by atoms with Crippen LogP contribution in [-0.2, 0) is 0 Å². The van der Waals surface area contributed by atoms with Gasteiger partial charge in [-0.05, 0) is 59.2 Å². The van der Waals surface area contributed by atoms with E-state index in [0.29, 0.717) is 0 Å². The predicted octanol–water partition coefficient (Wildman–Crippen LogP) is 5.47. The number of para-hydroxylation sites is 1. The van der Waals surface area contributed by atoms with E-state index in [9.17, 15) is 20.4 Å². The van der Waals surface area contributed by atoms with E-state index < -0.39 is 0 Å². The van der Waals surface area contributed by atoms with Gasteiger partial charge in [-0.2, -0.15) is 0 Å². The summed E-state index contributed by atoms with van der Waals surface area (Å²) in [6, 6.07) is 28.2. The number of benzene rings is 4. The second kappa shape index (κ2) is 8.21. The van der Waals surface area contributed by atoms with E-state index in [4.69, 9.17) is 0 Å². The van der Waals surface area contributed by atoms with Crippen LogP contribution in [0.4, 0.5) is 0 Å². The molecule has 4 aromatic rings. The van der Waals surface area contributed by atoms with Crippen LogP contribution < -0.4 is 0 Å². The van der Waals surface area contributed by atoms with Crippen molar-refractivity contribution in [2.75, 3.05) is 0 Å². The Labute approximate surface area is 175 Å². The number of aromatic hydroxyl groups is 4. The normalized spacial score (nSPS) is 12.0. The smallest absolute Gasteiger partial charge is 0.119 e. The Morgan fingerprint density at radius 1 is 0.400 bits per heavy atom. The molecule has 0 heterocycles. The van der Waals surface area contributed by atoms with Gasteiger partial charge in [-0.3, -0.25) is 0 Å². The molecule has 4 rings (SSSR count). The van der Waals surface area contributed by atoms with Crippen LogP contribution in [0, 0.1) is 0 Å². The largest absolute Gasteiger partial charge is 0.508 e. The fourth-order valence-corrected chi connectivity index (χ4v) is 3.92. The maximum atomic E-state index is 10.7. The van der Waals surface area contributed by atoms with E-state index in [1.165, 1.54) is 0 Å². The van der Waals surface area contributed by atoms with E-state index in [2.05, 4.69) is 0 Å². The van der Waals surface area contributed by atoms with Gasteiger partial charge < -0.3 is 20.4 Å². The van der Waals surface area contributed by atoms with Gasteiger partial charge in [-0.25, -0.2) is 0 Å². The Hall–Kier alpha value is -3.92. The predicted molar refractivity (Wildman–Crippen MR) is 116 cm³/mol. The number of hydrogen-bond donors (Lipinski definition) is 4. The Kier molecular flexibility index (Phi) is 5.31. The maximum Gasteiger partial charge on any atom is 0.119 e. The minimum Gasteiger partial charge on any atom is -0.508 e. The lowest BCUT2D eigenvalue weighted by atomic mass is 9.73. The van der Waals surface area contributed by atoms with Crippen LogP contribution in [0.2, 0.25) is 0 Å². The Bertz CT molecular complexity index is 1070. The molecule has 0 fully saturated rings. The van der Waals surface area contributed by atoms with Gasteiger partial charge >= 0.3 is 0 Å². The molecule has 0 aromatic heterocycles. The molecular formula is C26H22O4. The molecule has 0 radical (unpaired) electrons. The lowest BCUT2D eigenvalue weighted by Crippen LogP contribution is -2.15. The summed E-state index contributed by atoms with van der Waals surface area (Å²) >= 11 is 0. The van der Waals surface area contributed by atoms with Crippen molar-refractivity contribution in [3.63, 3.8) is 0 Å². The van der Waals surface area contributed by atoms with Crippen molar-refractivity contribution in [1.82, 2.24) is 0 Å². The topological polar surface area (TPSA) is 80.9 Å². The van der Waals surface area contributed by atoms with Gasteiger partial charge in [-0.1, -0.05) is 54.6 Å². The molecule has 0 aliphatic carbocycles. The van der Waals surface area contributed by atoms with E-state index in [1.807, 2.05) is 48.5 Å². The van der Waals surface area contributed by atoms with E-state index in [0.717, 1.165) is 22.3 Å². The van der Waals surface area contributed by atoms with Crippen molar-refractivity contribution in [3.8, 4) is 23.0 Å². The first kappa shape index (κ1) is 19.4. The first-order valence-corrected chi connectivity index (χ1v) is 9.67. The summed E-state index contributed by atoms with van der Waals surface area (Å²) in [4.78, 5) is 0. The molecule has 0 saturated heterocycles. The molecule has 4 N–H and O–H groups in total. The highest BCUT2D eigenvalue weighted by Gasteiger charge is 2.30. The molecule has 0 amide bonds. The third-order valence-corrected chi connectivity index (χ3v) is 5.36. The molecule has 0 aliphatic rings. The van der Waals surface area contributed by atoms with Gasteiger partial charge in [0.05, 0.1) is 0 Å². The lowest BCUT2D eigenvalue weighted by Gasteiger charge is -2.30. The van der Waals surface area contributed by atoms with Gasteiger partial charge in [0.1, 0.15) is 23.0 Å². The van der Waals surface area contributed by atoms with Crippen LogP contribution in [0.3, 0.4) is 0 Å². The minimum atomic E-state index is -0.277. The minimum absolute atomic E-state index is 0.167. The van der Waals surface area contributed by atoms with Crippen LogP contribution in [0.25, 0.3) is 0 Å². The van der Waals surface area contributed by atoms with Crippen LogP contribution in [0.5, 0.6) is 23.0 Å². The zero-order valence-electron chi connectivity index (χ0n) is 16.2. The second-order valence-electron chi connectivity index (χ2n) is 7.29. The van der Waals surface area contributed by atoms with E-state index in [1.54, 1.807) is 48.5 Å². The molecule has 0 bridgehead atoms. The molecule has 0 aliphatic heterocycles. The summed E-state index contributed by atoms with van der Waals surface area (Å²) < 4.78 is 0. The fourth-order valence-electron chi connectivity index (χ4n) is 3.92. The summed E-state index contributed by atoms with van der Waals surface area (Å²) in [5, 5.41) is 40.1. The van der Waals surface area contributed by atoms with Crippen LogP contribution in [0.15, 0.2) is 97.1 Å². The summed E-state index contributed by atoms with van der Waals surface area (Å²) in [6.07, 6.45) is 0. The molecule has 0 spiro atoms. The SMILES string of the molecule is Oc1ccc(C(c2ccc(O)cc2)C(c2ccc(O)cc2)c2ccccc2O)cc1. The summed E-state index contributed by atoms with van der Waals surface area (Å²) in [5.74, 6) is 0.197. The van der Waals surface area contributed by atoms with Crippen molar-refractivity contribution in [1.29, 1.82) is 0 Å². The molecule has 1 atom stereocenters. The van der Waals surface area contributed by atoms with E-state index in [-0.39, 0.29) is 34.8 Å². The lowest BCUT2D eigenvalue weighted by molar-refractivity contribution is 0.460. The Morgan fingerprint density at radius 2 is 0.767 bits per heavy atom.